The van der Waals surface area contributed by atoms with Crippen molar-refractivity contribution in [2.45, 2.75) is 39.7 Å². The van der Waals surface area contributed by atoms with Crippen LogP contribution in [0, 0.1) is 5.82 Å². The lowest BCUT2D eigenvalue weighted by molar-refractivity contribution is -0.142. The van der Waals surface area contributed by atoms with Gasteiger partial charge in [0.05, 0.1) is 23.6 Å². The van der Waals surface area contributed by atoms with Crippen molar-refractivity contribution >= 4 is 22.4 Å². The molecule has 1 aliphatic rings. The standard InChI is InChI=1S/C27H28FN5O3/c1-4-15-11-16(34)5-6-17(15)19-7-8-20-24(23(19)28)32-33-25(20)26-30-13-22(31-26)18-9-10-29-12-21(18)27(35)36-14(2)3/h5-8,11,13-14,29,34H,4,9-10,12H2,1-3H3,(H,30,31)(H,32,33). The summed E-state index contributed by atoms with van der Waals surface area (Å²) >= 11 is 0. The highest BCUT2D eigenvalue weighted by molar-refractivity contribution is 5.99. The molecule has 8 nitrogen and oxygen atoms in total. The van der Waals surface area contributed by atoms with Gasteiger partial charge in [-0.3, -0.25) is 5.10 Å². The maximum Gasteiger partial charge on any atom is 0.335 e. The number of phenols is 1. The second kappa shape index (κ2) is 9.58. The van der Waals surface area contributed by atoms with E-state index in [0.29, 0.717) is 47.4 Å². The van der Waals surface area contributed by atoms with Crippen molar-refractivity contribution in [3.05, 3.63) is 59.2 Å². The Hall–Kier alpha value is -3.98. The van der Waals surface area contributed by atoms with Crippen molar-refractivity contribution in [1.29, 1.82) is 0 Å². The lowest BCUT2D eigenvalue weighted by Gasteiger charge is -2.20. The number of carbonyl (C=O) groups is 1. The number of benzene rings is 2. The Morgan fingerprint density at radius 3 is 2.81 bits per heavy atom. The summed E-state index contributed by atoms with van der Waals surface area (Å²) < 4.78 is 21.0. The zero-order chi connectivity index (χ0) is 25.4. The fourth-order valence-electron chi connectivity index (χ4n) is 4.64. The molecule has 3 heterocycles. The van der Waals surface area contributed by atoms with Crippen LogP contribution in [0.25, 0.3) is 39.1 Å². The number of ether oxygens (including phenoxy) is 1. The Kier molecular flexibility index (Phi) is 6.32. The number of nitrogens with one attached hydrogen (secondary N) is 3. The molecule has 0 unspecified atom stereocenters. The number of aromatic hydroxyl groups is 1. The van der Waals surface area contributed by atoms with Crippen LogP contribution in [-0.4, -0.2) is 50.4 Å². The third-order valence-corrected chi connectivity index (χ3v) is 6.37. The molecule has 2 aromatic carbocycles. The fourth-order valence-corrected chi connectivity index (χ4v) is 4.64. The van der Waals surface area contributed by atoms with Gasteiger partial charge in [0.25, 0.3) is 0 Å². The normalized spacial score (nSPS) is 14.1. The maximum absolute atomic E-state index is 15.6. The number of aromatic nitrogens is 4. The third kappa shape index (κ3) is 4.26. The highest BCUT2D eigenvalue weighted by Crippen LogP contribution is 2.35. The number of phenolic OH excluding ortho intramolecular Hbond substituents is 1. The van der Waals surface area contributed by atoms with Crippen LogP contribution in [0.1, 0.15) is 38.4 Å². The molecule has 5 rings (SSSR count). The summed E-state index contributed by atoms with van der Waals surface area (Å²) in [6.07, 6.45) is 2.77. The van der Waals surface area contributed by atoms with Crippen molar-refractivity contribution in [3.63, 3.8) is 0 Å². The van der Waals surface area contributed by atoms with Gasteiger partial charge in [-0.15, -0.1) is 0 Å². The molecule has 4 aromatic rings. The first-order chi connectivity index (χ1) is 17.4. The summed E-state index contributed by atoms with van der Waals surface area (Å²) in [5.41, 5.74) is 4.91. The molecule has 0 atom stereocenters. The van der Waals surface area contributed by atoms with E-state index >= 15 is 4.39 Å². The average Bonchev–Trinajstić information content (AvgIpc) is 3.52. The van der Waals surface area contributed by atoms with Crippen molar-refractivity contribution < 1.29 is 19.0 Å². The fraction of sp³-hybridized carbons (Fsp3) is 0.296. The molecule has 36 heavy (non-hydrogen) atoms. The number of imidazole rings is 1. The quantitative estimate of drug-likeness (QED) is 0.291. The molecule has 2 aromatic heterocycles. The van der Waals surface area contributed by atoms with Crippen LogP contribution in [0.15, 0.2) is 42.1 Å². The van der Waals surface area contributed by atoms with Crippen molar-refractivity contribution in [1.82, 2.24) is 25.5 Å². The molecular weight excluding hydrogens is 461 g/mol. The van der Waals surface area contributed by atoms with Crippen LogP contribution < -0.4 is 5.32 Å². The van der Waals surface area contributed by atoms with Gasteiger partial charge >= 0.3 is 5.97 Å². The second-order valence-corrected chi connectivity index (χ2v) is 9.10. The highest BCUT2D eigenvalue weighted by atomic mass is 19.1. The van der Waals surface area contributed by atoms with Crippen molar-refractivity contribution in [3.8, 4) is 28.4 Å². The van der Waals surface area contributed by atoms with Crippen LogP contribution in [-0.2, 0) is 16.0 Å². The van der Waals surface area contributed by atoms with E-state index in [0.717, 1.165) is 28.9 Å². The second-order valence-electron chi connectivity index (χ2n) is 9.10. The molecule has 0 saturated heterocycles. The van der Waals surface area contributed by atoms with Crippen LogP contribution in [0.4, 0.5) is 4.39 Å². The van der Waals surface area contributed by atoms with Crippen LogP contribution >= 0.6 is 0 Å². The van der Waals surface area contributed by atoms with Crippen LogP contribution in [0.3, 0.4) is 0 Å². The number of H-pyrrole nitrogens is 2. The van der Waals surface area contributed by atoms with E-state index in [-0.39, 0.29) is 23.3 Å². The zero-order valence-corrected chi connectivity index (χ0v) is 20.4. The molecule has 0 bridgehead atoms. The lowest BCUT2D eigenvalue weighted by Crippen LogP contribution is -2.30. The Labute approximate surface area is 207 Å². The SMILES string of the molecule is CCc1cc(O)ccc1-c1ccc2c(-c3ncc(C4=C(C(=O)OC(C)C)CNCC4)[nH]3)[nH]nc2c1F. The van der Waals surface area contributed by atoms with Gasteiger partial charge in [0.15, 0.2) is 11.6 Å². The summed E-state index contributed by atoms with van der Waals surface area (Å²) in [5.74, 6) is -0.133. The number of hydrogen-bond donors (Lipinski definition) is 4. The minimum Gasteiger partial charge on any atom is -0.508 e. The van der Waals surface area contributed by atoms with Gasteiger partial charge in [0.1, 0.15) is 17.0 Å². The van der Waals surface area contributed by atoms with Crippen molar-refractivity contribution in [2.24, 2.45) is 0 Å². The average molecular weight is 490 g/mol. The number of fused-ring (bicyclic) bond motifs is 1. The topological polar surface area (TPSA) is 116 Å². The molecular formula is C27H28FN5O3. The Bertz CT molecular complexity index is 1480. The van der Waals surface area contributed by atoms with Gasteiger partial charge in [-0.2, -0.15) is 5.10 Å². The number of halogens is 1. The molecule has 4 N–H and O–H groups in total. The van der Waals surface area contributed by atoms with E-state index in [1.165, 1.54) is 0 Å². The highest BCUT2D eigenvalue weighted by Gasteiger charge is 2.24. The van der Waals surface area contributed by atoms with Crippen LogP contribution in [0.2, 0.25) is 0 Å². The molecule has 9 heteroatoms. The Morgan fingerprint density at radius 2 is 2.03 bits per heavy atom. The van der Waals surface area contributed by atoms with E-state index in [9.17, 15) is 9.90 Å². The zero-order valence-electron chi connectivity index (χ0n) is 20.4. The summed E-state index contributed by atoms with van der Waals surface area (Å²) in [6, 6.07) is 8.47. The van der Waals surface area contributed by atoms with Gasteiger partial charge in [-0.1, -0.05) is 19.1 Å². The molecule has 0 saturated carbocycles. The number of rotatable bonds is 6. The lowest BCUT2D eigenvalue weighted by atomic mass is 9.96. The number of hydrogen-bond acceptors (Lipinski definition) is 6. The first-order valence-electron chi connectivity index (χ1n) is 12.1. The van der Waals surface area contributed by atoms with E-state index in [1.807, 2.05) is 26.8 Å². The minimum absolute atomic E-state index is 0.150. The van der Waals surface area contributed by atoms with E-state index < -0.39 is 5.82 Å². The van der Waals surface area contributed by atoms with Crippen LogP contribution in [0.5, 0.6) is 5.75 Å². The smallest absolute Gasteiger partial charge is 0.335 e. The van der Waals surface area contributed by atoms with E-state index in [4.69, 9.17) is 4.74 Å². The number of esters is 1. The molecule has 0 aliphatic carbocycles. The summed E-state index contributed by atoms with van der Waals surface area (Å²) in [4.78, 5) is 20.4. The van der Waals surface area contributed by atoms with Crippen molar-refractivity contribution in [2.75, 3.05) is 13.1 Å². The van der Waals surface area contributed by atoms with Gasteiger partial charge in [-0.25, -0.2) is 14.2 Å². The first-order valence-corrected chi connectivity index (χ1v) is 12.1. The summed E-state index contributed by atoms with van der Waals surface area (Å²) in [6.45, 7) is 6.76. The third-order valence-electron chi connectivity index (χ3n) is 6.37. The number of aromatic amines is 2. The molecule has 1 aliphatic heterocycles. The van der Waals surface area contributed by atoms with Gasteiger partial charge in [-0.05, 0) is 68.1 Å². The van der Waals surface area contributed by atoms with E-state index in [1.54, 1.807) is 30.5 Å². The molecule has 0 amide bonds. The van der Waals surface area contributed by atoms with E-state index in [2.05, 4.69) is 25.5 Å². The number of nitrogens with zero attached hydrogens (tertiary/aromatic N) is 2. The van der Waals surface area contributed by atoms with Gasteiger partial charge < -0.3 is 20.1 Å². The Morgan fingerprint density at radius 1 is 1.22 bits per heavy atom. The minimum atomic E-state index is -0.443. The first kappa shape index (κ1) is 23.7. The Balaban J connectivity index is 1.53. The predicted octanol–water partition coefficient (Wildman–Crippen LogP) is 4.73. The maximum atomic E-state index is 15.6. The molecule has 186 valence electrons. The summed E-state index contributed by atoms with van der Waals surface area (Å²) in [7, 11) is 0. The molecule has 0 fully saturated rings. The number of carbonyl (C=O) groups excluding carboxylic acids is 1. The largest absolute Gasteiger partial charge is 0.508 e. The number of aryl methyl sites for hydroxylation is 1. The molecule has 0 radical (unpaired) electrons. The molecule has 0 spiro atoms. The van der Waals surface area contributed by atoms with Gasteiger partial charge in [0, 0.05) is 17.5 Å². The van der Waals surface area contributed by atoms with Gasteiger partial charge in [0.2, 0.25) is 0 Å². The predicted molar refractivity (Wildman–Crippen MR) is 136 cm³/mol. The summed E-state index contributed by atoms with van der Waals surface area (Å²) in [5, 5.41) is 20.8. The monoisotopic (exact) mass is 489 g/mol.